The van der Waals surface area contributed by atoms with Gasteiger partial charge in [-0.3, -0.25) is 4.79 Å². The molecule has 21 heavy (non-hydrogen) atoms. The van der Waals surface area contributed by atoms with E-state index in [0.717, 1.165) is 22.0 Å². The minimum atomic E-state index is -0.763. The third kappa shape index (κ3) is 2.46. The molecule has 1 aliphatic carbocycles. The number of benzene rings is 1. The first-order chi connectivity index (χ1) is 10.0. The monoisotopic (exact) mass is 350 g/mol. The van der Waals surface area contributed by atoms with Crippen LogP contribution >= 0.6 is 15.9 Å². The highest BCUT2D eigenvalue weighted by atomic mass is 79.9. The van der Waals surface area contributed by atoms with Crippen LogP contribution in [0.4, 0.5) is 0 Å². The van der Waals surface area contributed by atoms with E-state index in [9.17, 15) is 9.90 Å². The van der Waals surface area contributed by atoms with Gasteiger partial charge < -0.3 is 5.11 Å². The van der Waals surface area contributed by atoms with Crippen molar-refractivity contribution in [2.24, 2.45) is 5.41 Å². The van der Waals surface area contributed by atoms with Crippen molar-refractivity contribution in [2.45, 2.75) is 32.7 Å². The predicted molar refractivity (Wildman–Crippen MR) is 79.6 cm³/mol. The molecule has 7 heteroatoms. The third-order valence-electron chi connectivity index (χ3n) is 4.19. The van der Waals surface area contributed by atoms with Crippen molar-refractivity contribution in [3.05, 3.63) is 28.2 Å². The fourth-order valence-corrected chi connectivity index (χ4v) is 3.03. The first-order valence-corrected chi connectivity index (χ1v) is 7.57. The average molecular weight is 351 g/mol. The second-order valence-corrected chi connectivity index (χ2v) is 6.47. The molecule has 0 spiro atoms. The summed E-state index contributed by atoms with van der Waals surface area (Å²) in [6, 6.07) is 5.89. The SMILES string of the molecule is Cc1ccc(Br)cc1-c1nnnn1CC1(C(=O)O)CCC1. The van der Waals surface area contributed by atoms with Gasteiger partial charge in [0, 0.05) is 10.0 Å². The number of aromatic nitrogens is 4. The van der Waals surface area contributed by atoms with Gasteiger partial charge in [-0.1, -0.05) is 28.4 Å². The molecule has 0 unspecified atom stereocenters. The molecule has 2 aromatic rings. The molecule has 1 saturated carbocycles. The summed E-state index contributed by atoms with van der Waals surface area (Å²) in [4.78, 5) is 11.5. The van der Waals surface area contributed by atoms with Gasteiger partial charge in [0.05, 0.1) is 12.0 Å². The average Bonchev–Trinajstić information content (AvgIpc) is 2.84. The highest BCUT2D eigenvalue weighted by molar-refractivity contribution is 9.10. The second kappa shape index (κ2) is 5.22. The normalized spacial score (nSPS) is 16.5. The summed E-state index contributed by atoms with van der Waals surface area (Å²) in [5.74, 6) is -0.150. The zero-order valence-corrected chi connectivity index (χ0v) is 13.2. The van der Waals surface area contributed by atoms with Gasteiger partial charge in [-0.2, -0.15) is 0 Å². The zero-order valence-electron chi connectivity index (χ0n) is 11.6. The third-order valence-corrected chi connectivity index (χ3v) is 4.68. The molecule has 0 bridgehead atoms. The summed E-state index contributed by atoms with van der Waals surface area (Å²) in [5.41, 5.74) is 1.24. The van der Waals surface area contributed by atoms with Crippen LogP contribution < -0.4 is 0 Å². The van der Waals surface area contributed by atoms with Crippen molar-refractivity contribution >= 4 is 21.9 Å². The molecule has 1 aromatic heterocycles. The van der Waals surface area contributed by atoms with Crippen LogP contribution in [0.1, 0.15) is 24.8 Å². The summed E-state index contributed by atoms with van der Waals surface area (Å²) in [6.07, 6.45) is 2.30. The van der Waals surface area contributed by atoms with E-state index < -0.39 is 11.4 Å². The molecule has 110 valence electrons. The Morgan fingerprint density at radius 1 is 1.48 bits per heavy atom. The van der Waals surface area contributed by atoms with E-state index in [-0.39, 0.29) is 0 Å². The molecule has 0 saturated heterocycles. The lowest BCUT2D eigenvalue weighted by molar-refractivity contribution is -0.156. The van der Waals surface area contributed by atoms with Crippen molar-refractivity contribution in [1.82, 2.24) is 20.2 Å². The Kier molecular flexibility index (Phi) is 3.52. The number of halogens is 1. The Bertz CT molecular complexity index is 694. The first kappa shape index (κ1) is 14.2. The number of aliphatic carboxylic acids is 1. The van der Waals surface area contributed by atoms with Crippen LogP contribution in [-0.2, 0) is 11.3 Å². The molecule has 1 heterocycles. The Morgan fingerprint density at radius 2 is 2.24 bits per heavy atom. The van der Waals surface area contributed by atoms with Gasteiger partial charge in [-0.05, 0) is 47.9 Å². The largest absolute Gasteiger partial charge is 0.481 e. The van der Waals surface area contributed by atoms with Gasteiger partial charge in [0.2, 0.25) is 0 Å². The van der Waals surface area contributed by atoms with E-state index in [1.165, 1.54) is 0 Å². The lowest BCUT2D eigenvalue weighted by Crippen LogP contribution is -2.42. The van der Waals surface area contributed by atoms with Crippen LogP contribution in [0.5, 0.6) is 0 Å². The summed E-state index contributed by atoms with van der Waals surface area (Å²) in [6.45, 7) is 2.30. The molecule has 1 fully saturated rings. The number of carbonyl (C=O) groups is 1. The minimum absolute atomic E-state index is 0.316. The van der Waals surface area contributed by atoms with E-state index in [4.69, 9.17) is 0 Å². The zero-order chi connectivity index (χ0) is 15.0. The summed E-state index contributed by atoms with van der Waals surface area (Å²) in [7, 11) is 0. The van der Waals surface area contributed by atoms with E-state index in [1.54, 1.807) is 4.68 Å². The van der Waals surface area contributed by atoms with Crippen LogP contribution in [0.2, 0.25) is 0 Å². The molecule has 6 nitrogen and oxygen atoms in total. The second-order valence-electron chi connectivity index (χ2n) is 5.56. The Morgan fingerprint density at radius 3 is 2.86 bits per heavy atom. The Hall–Kier alpha value is -1.76. The minimum Gasteiger partial charge on any atom is -0.481 e. The van der Waals surface area contributed by atoms with E-state index in [1.807, 2.05) is 25.1 Å². The molecule has 0 aliphatic heterocycles. The smallest absolute Gasteiger partial charge is 0.311 e. The van der Waals surface area contributed by atoms with Crippen LogP contribution in [0.25, 0.3) is 11.4 Å². The van der Waals surface area contributed by atoms with Gasteiger partial charge >= 0.3 is 5.97 Å². The Labute approximate surface area is 130 Å². The number of hydrogen-bond donors (Lipinski definition) is 1. The fraction of sp³-hybridized carbons (Fsp3) is 0.429. The molecule has 0 amide bonds. The number of tetrazole rings is 1. The maximum absolute atomic E-state index is 11.5. The standard InChI is InChI=1S/C14H15BrN4O2/c1-9-3-4-10(15)7-11(9)12-16-17-18-19(12)8-14(13(20)21)5-2-6-14/h3-4,7H,2,5-6,8H2,1H3,(H,20,21). The summed E-state index contributed by atoms with van der Waals surface area (Å²) in [5, 5.41) is 21.2. The predicted octanol–water partition coefficient (Wildman–Crippen LogP) is 2.67. The Balaban J connectivity index is 1.98. The summed E-state index contributed by atoms with van der Waals surface area (Å²) < 4.78 is 2.55. The number of carboxylic acids is 1. The number of carboxylic acid groups (broad SMARTS) is 1. The van der Waals surface area contributed by atoms with Gasteiger partial charge in [0.25, 0.3) is 0 Å². The van der Waals surface area contributed by atoms with Gasteiger partial charge in [0.15, 0.2) is 5.82 Å². The quantitative estimate of drug-likeness (QED) is 0.916. The maximum atomic E-state index is 11.5. The van der Waals surface area contributed by atoms with Gasteiger partial charge in [-0.15, -0.1) is 5.10 Å². The molecule has 3 rings (SSSR count). The maximum Gasteiger partial charge on any atom is 0.311 e. The van der Waals surface area contributed by atoms with Crippen LogP contribution in [0.15, 0.2) is 22.7 Å². The van der Waals surface area contributed by atoms with Crippen molar-refractivity contribution in [1.29, 1.82) is 0 Å². The van der Waals surface area contributed by atoms with Crippen molar-refractivity contribution in [3.63, 3.8) is 0 Å². The van der Waals surface area contributed by atoms with Crippen molar-refractivity contribution in [3.8, 4) is 11.4 Å². The van der Waals surface area contributed by atoms with Crippen LogP contribution in [0, 0.1) is 12.3 Å². The topological polar surface area (TPSA) is 80.9 Å². The number of aryl methyl sites for hydroxylation is 1. The first-order valence-electron chi connectivity index (χ1n) is 6.78. The molecule has 1 aromatic carbocycles. The number of nitrogens with zero attached hydrogens (tertiary/aromatic N) is 4. The van der Waals surface area contributed by atoms with Crippen LogP contribution in [0.3, 0.4) is 0 Å². The molecular weight excluding hydrogens is 336 g/mol. The van der Waals surface area contributed by atoms with E-state index in [0.29, 0.717) is 25.2 Å². The molecule has 1 aliphatic rings. The highest BCUT2D eigenvalue weighted by Crippen LogP contribution is 2.43. The van der Waals surface area contributed by atoms with Crippen LogP contribution in [-0.4, -0.2) is 31.3 Å². The lowest BCUT2D eigenvalue weighted by Gasteiger charge is -2.37. The lowest BCUT2D eigenvalue weighted by atomic mass is 9.69. The highest BCUT2D eigenvalue weighted by Gasteiger charge is 2.45. The van der Waals surface area contributed by atoms with Gasteiger partial charge in [-0.25, -0.2) is 4.68 Å². The molecule has 1 N–H and O–H groups in total. The number of hydrogen-bond acceptors (Lipinski definition) is 4. The summed E-state index contributed by atoms with van der Waals surface area (Å²) >= 11 is 3.44. The number of rotatable bonds is 4. The fourth-order valence-electron chi connectivity index (χ4n) is 2.67. The molecule has 0 radical (unpaired) electrons. The molecule has 0 atom stereocenters. The van der Waals surface area contributed by atoms with Gasteiger partial charge in [0.1, 0.15) is 0 Å². The van der Waals surface area contributed by atoms with E-state index >= 15 is 0 Å². The van der Waals surface area contributed by atoms with Crippen molar-refractivity contribution < 1.29 is 9.90 Å². The van der Waals surface area contributed by atoms with Crippen molar-refractivity contribution in [2.75, 3.05) is 0 Å². The molecular formula is C14H15BrN4O2. The van der Waals surface area contributed by atoms with E-state index in [2.05, 4.69) is 31.5 Å².